The van der Waals surface area contributed by atoms with E-state index in [1.54, 1.807) is 6.92 Å². The van der Waals surface area contributed by atoms with Gasteiger partial charge in [-0.25, -0.2) is 0 Å². The lowest BCUT2D eigenvalue weighted by Crippen LogP contribution is -1.95. The van der Waals surface area contributed by atoms with Crippen molar-refractivity contribution in [3.8, 4) is 0 Å². The summed E-state index contributed by atoms with van der Waals surface area (Å²) < 4.78 is 0. The molecule has 0 saturated heterocycles. The van der Waals surface area contributed by atoms with Crippen molar-refractivity contribution in [2.75, 3.05) is 0 Å². The summed E-state index contributed by atoms with van der Waals surface area (Å²) in [6, 6.07) is 4.22. The Balaban J connectivity index is 3.28. The standard InChI is InChI=1S/C15H19NO/c1-6-15(16-12(4)9-17)14-7-10(2)13(5)11(3)8-14/h6-9H,1-5H3/b15-6-,16-12?. The van der Waals surface area contributed by atoms with E-state index in [9.17, 15) is 4.79 Å². The number of carbonyl (C=O) groups is 1. The highest BCUT2D eigenvalue weighted by atomic mass is 16.1. The molecule has 0 aliphatic heterocycles. The second kappa shape index (κ2) is 5.58. The first-order valence-electron chi connectivity index (χ1n) is 5.74. The zero-order chi connectivity index (χ0) is 13.0. The summed E-state index contributed by atoms with van der Waals surface area (Å²) in [6.07, 6.45) is 2.70. The largest absolute Gasteiger partial charge is 0.297 e. The summed E-state index contributed by atoms with van der Waals surface area (Å²) in [5.74, 6) is 0. The van der Waals surface area contributed by atoms with Crippen LogP contribution in [0.5, 0.6) is 0 Å². The average molecular weight is 229 g/mol. The number of carbonyl (C=O) groups excluding carboxylic acids is 1. The summed E-state index contributed by atoms with van der Waals surface area (Å²) in [6.45, 7) is 9.94. The monoisotopic (exact) mass is 229 g/mol. The summed E-state index contributed by atoms with van der Waals surface area (Å²) in [7, 11) is 0. The molecule has 17 heavy (non-hydrogen) atoms. The summed E-state index contributed by atoms with van der Waals surface area (Å²) in [4.78, 5) is 14.9. The molecule has 0 saturated carbocycles. The fraction of sp³-hybridized carbons (Fsp3) is 0.333. The minimum atomic E-state index is 0.494. The molecule has 0 aromatic heterocycles. The molecule has 1 rings (SSSR count). The van der Waals surface area contributed by atoms with E-state index < -0.39 is 0 Å². The summed E-state index contributed by atoms with van der Waals surface area (Å²) >= 11 is 0. The van der Waals surface area contributed by atoms with Crippen molar-refractivity contribution in [1.82, 2.24) is 0 Å². The third-order valence-corrected chi connectivity index (χ3v) is 2.96. The molecule has 2 nitrogen and oxygen atoms in total. The van der Waals surface area contributed by atoms with Crippen LogP contribution >= 0.6 is 0 Å². The molecule has 1 aromatic carbocycles. The van der Waals surface area contributed by atoms with Crippen LogP contribution in [0.15, 0.2) is 23.2 Å². The lowest BCUT2D eigenvalue weighted by atomic mass is 9.99. The van der Waals surface area contributed by atoms with Gasteiger partial charge in [0.15, 0.2) is 6.29 Å². The predicted molar refractivity (Wildman–Crippen MR) is 73.5 cm³/mol. The molecule has 0 N–H and O–H groups in total. The Morgan fingerprint density at radius 3 is 2.12 bits per heavy atom. The molecule has 0 heterocycles. The maximum Gasteiger partial charge on any atom is 0.163 e. The van der Waals surface area contributed by atoms with Gasteiger partial charge in [0, 0.05) is 5.56 Å². The van der Waals surface area contributed by atoms with Gasteiger partial charge in [0.2, 0.25) is 0 Å². The number of nitrogens with zero attached hydrogens (tertiary/aromatic N) is 1. The molecule has 1 aromatic rings. The second-order valence-corrected chi connectivity index (χ2v) is 4.28. The molecule has 0 fully saturated rings. The van der Waals surface area contributed by atoms with Crippen molar-refractivity contribution in [2.24, 2.45) is 4.99 Å². The normalized spacial score (nSPS) is 12.8. The second-order valence-electron chi connectivity index (χ2n) is 4.28. The van der Waals surface area contributed by atoms with E-state index >= 15 is 0 Å². The molecule has 0 aliphatic carbocycles. The molecular weight excluding hydrogens is 210 g/mol. The Morgan fingerprint density at radius 2 is 1.71 bits per heavy atom. The highest BCUT2D eigenvalue weighted by Crippen LogP contribution is 2.22. The molecule has 0 bridgehead atoms. The number of aryl methyl sites for hydroxylation is 2. The van der Waals surface area contributed by atoms with Crippen molar-refractivity contribution in [2.45, 2.75) is 34.6 Å². The molecule has 0 aliphatic rings. The van der Waals surface area contributed by atoms with Crippen LogP contribution in [0.25, 0.3) is 5.70 Å². The van der Waals surface area contributed by atoms with Gasteiger partial charge in [-0.3, -0.25) is 9.79 Å². The number of allylic oxidation sites excluding steroid dienone is 1. The van der Waals surface area contributed by atoms with Gasteiger partial charge in [0.25, 0.3) is 0 Å². The number of benzene rings is 1. The Hall–Kier alpha value is -1.70. The fourth-order valence-electron chi connectivity index (χ4n) is 1.70. The van der Waals surface area contributed by atoms with Crippen LogP contribution in [0.4, 0.5) is 0 Å². The van der Waals surface area contributed by atoms with Crippen LogP contribution in [-0.2, 0) is 4.79 Å². The number of hydrogen-bond acceptors (Lipinski definition) is 2. The van der Waals surface area contributed by atoms with Crippen molar-refractivity contribution >= 4 is 17.7 Å². The smallest absolute Gasteiger partial charge is 0.163 e. The van der Waals surface area contributed by atoms with Gasteiger partial charge in [-0.2, -0.15) is 0 Å². The first-order valence-corrected chi connectivity index (χ1v) is 5.74. The van der Waals surface area contributed by atoms with Crippen molar-refractivity contribution in [3.05, 3.63) is 40.5 Å². The van der Waals surface area contributed by atoms with Crippen LogP contribution in [0.2, 0.25) is 0 Å². The van der Waals surface area contributed by atoms with Crippen LogP contribution in [0.3, 0.4) is 0 Å². The first-order chi connectivity index (χ1) is 7.99. The van der Waals surface area contributed by atoms with Gasteiger partial charge in [0.1, 0.15) is 0 Å². The van der Waals surface area contributed by atoms with Gasteiger partial charge >= 0.3 is 0 Å². The predicted octanol–water partition coefficient (Wildman–Crippen LogP) is 3.63. The Kier molecular flexibility index (Phi) is 4.38. The summed E-state index contributed by atoms with van der Waals surface area (Å²) in [5.41, 5.74) is 6.21. The highest BCUT2D eigenvalue weighted by Gasteiger charge is 2.04. The molecule has 0 radical (unpaired) electrons. The summed E-state index contributed by atoms with van der Waals surface area (Å²) in [5, 5.41) is 0. The lowest BCUT2D eigenvalue weighted by Gasteiger charge is -2.09. The van der Waals surface area contributed by atoms with E-state index in [1.165, 1.54) is 16.7 Å². The molecule has 0 atom stereocenters. The van der Waals surface area contributed by atoms with Crippen LogP contribution < -0.4 is 0 Å². The van der Waals surface area contributed by atoms with Crippen molar-refractivity contribution in [1.29, 1.82) is 0 Å². The van der Waals surface area contributed by atoms with E-state index in [0.717, 1.165) is 17.5 Å². The maximum absolute atomic E-state index is 10.6. The maximum atomic E-state index is 10.6. The third-order valence-electron chi connectivity index (χ3n) is 2.96. The van der Waals surface area contributed by atoms with Crippen LogP contribution in [0, 0.1) is 20.8 Å². The van der Waals surface area contributed by atoms with Gasteiger partial charge in [-0.15, -0.1) is 0 Å². The molecule has 0 unspecified atom stereocenters. The number of aldehydes is 1. The van der Waals surface area contributed by atoms with Crippen LogP contribution in [-0.4, -0.2) is 12.0 Å². The Morgan fingerprint density at radius 1 is 1.18 bits per heavy atom. The van der Waals surface area contributed by atoms with Gasteiger partial charge in [0.05, 0.1) is 11.4 Å². The fourth-order valence-corrected chi connectivity index (χ4v) is 1.70. The minimum absolute atomic E-state index is 0.494. The molecule has 0 spiro atoms. The number of hydrogen-bond donors (Lipinski definition) is 0. The number of aliphatic imine (C=N–C) groups is 1. The van der Waals surface area contributed by atoms with Gasteiger partial charge in [-0.05, 0) is 63.4 Å². The SMILES string of the molecule is C/C=C(\N=C(C)C=O)c1cc(C)c(C)c(C)c1. The number of rotatable bonds is 3. The van der Waals surface area contributed by atoms with E-state index in [-0.39, 0.29) is 0 Å². The molecular formula is C15H19NO. The van der Waals surface area contributed by atoms with E-state index in [2.05, 4.69) is 37.9 Å². The Bertz CT molecular complexity index is 473. The van der Waals surface area contributed by atoms with E-state index in [0.29, 0.717) is 5.71 Å². The topological polar surface area (TPSA) is 29.4 Å². The molecule has 2 heteroatoms. The average Bonchev–Trinajstić information content (AvgIpc) is 2.31. The zero-order valence-corrected chi connectivity index (χ0v) is 11.2. The van der Waals surface area contributed by atoms with E-state index in [1.807, 2.05) is 13.0 Å². The first kappa shape index (κ1) is 13.4. The molecule has 0 amide bonds. The minimum Gasteiger partial charge on any atom is -0.297 e. The van der Waals surface area contributed by atoms with Crippen molar-refractivity contribution < 1.29 is 4.79 Å². The Labute approximate surface area is 103 Å². The van der Waals surface area contributed by atoms with Crippen LogP contribution in [0.1, 0.15) is 36.1 Å². The quantitative estimate of drug-likeness (QED) is 0.575. The highest BCUT2D eigenvalue weighted by molar-refractivity contribution is 6.28. The lowest BCUT2D eigenvalue weighted by molar-refractivity contribution is -0.102. The molecule has 90 valence electrons. The van der Waals surface area contributed by atoms with Gasteiger partial charge < -0.3 is 0 Å². The van der Waals surface area contributed by atoms with Crippen molar-refractivity contribution in [3.63, 3.8) is 0 Å². The van der Waals surface area contributed by atoms with E-state index in [4.69, 9.17) is 0 Å². The third kappa shape index (κ3) is 3.13. The van der Waals surface area contributed by atoms with Gasteiger partial charge in [-0.1, -0.05) is 6.08 Å². The zero-order valence-electron chi connectivity index (χ0n) is 11.2.